The predicted molar refractivity (Wildman–Crippen MR) is 120 cm³/mol. The monoisotopic (exact) mass is 460 g/mol. The maximum Gasteiger partial charge on any atom is 0.418 e. The van der Waals surface area contributed by atoms with E-state index >= 15 is 0 Å². The van der Waals surface area contributed by atoms with Crippen molar-refractivity contribution < 1.29 is 27.4 Å². The molecule has 0 spiro atoms. The molecule has 0 radical (unpaired) electrons. The summed E-state index contributed by atoms with van der Waals surface area (Å²) in [6.07, 6.45) is -3.94. The second kappa shape index (κ2) is 10.0. The van der Waals surface area contributed by atoms with Gasteiger partial charge in [0.05, 0.1) is 30.5 Å². The van der Waals surface area contributed by atoms with Gasteiger partial charge >= 0.3 is 6.18 Å². The lowest BCUT2D eigenvalue weighted by atomic mass is 10.1. The van der Waals surface area contributed by atoms with Gasteiger partial charge in [0, 0.05) is 17.9 Å². The predicted octanol–water partition coefficient (Wildman–Crippen LogP) is 5.49. The number of carbonyl (C=O) groups is 1. The number of para-hydroxylation sites is 1. The number of aryl methyl sites for hydroxylation is 1. The van der Waals surface area contributed by atoms with Crippen LogP contribution in [0.3, 0.4) is 0 Å². The van der Waals surface area contributed by atoms with E-state index in [-0.39, 0.29) is 11.6 Å². The van der Waals surface area contributed by atoms with Gasteiger partial charge in [-0.25, -0.2) is 0 Å². The highest BCUT2D eigenvalue weighted by Gasteiger charge is 2.34. The first-order chi connectivity index (χ1) is 15.7. The number of aromatic nitrogens is 1. The lowest BCUT2D eigenvalue weighted by Gasteiger charge is -2.17. The molecule has 0 unspecified atom stereocenters. The van der Waals surface area contributed by atoms with Crippen LogP contribution in [0.1, 0.15) is 39.8 Å². The van der Waals surface area contributed by atoms with Gasteiger partial charge in [-0.2, -0.15) is 13.2 Å². The van der Waals surface area contributed by atoms with Gasteiger partial charge in [0.25, 0.3) is 5.91 Å². The molecule has 176 valence electrons. The van der Waals surface area contributed by atoms with Gasteiger partial charge in [-0.05, 0) is 63.1 Å². The highest BCUT2D eigenvalue weighted by molar-refractivity contribution is 5.96. The van der Waals surface area contributed by atoms with Crippen LogP contribution in [-0.4, -0.2) is 30.7 Å². The molecule has 0 aliphatic carbocycles. The first-order valence-corrected chi connectivity index (χ1v) is 10.6. The lowest BCUT2D eigenvalue weighted by Crippen LogP contribution is -2.26. The molecule has 1 N–H and O–H groups in total. The Hall–Kier alpha value is -3.42. The zero-order valence-corrected chi connectivity index (χ0v) is 19.0. The van der Waals surface area contributed by atoms with Gasteiger partial charge in [0.1, 0.15) is 0 Å². The molecule has 0 saturated heterocycles. The van der Waals surface area contributed by atoms with E-state index in [1.807, 2.05) is 25.1 Å². The second-order valence-corrected chi connectivity index (χ2v) is 7.56. The van der Waals surface area contributed by atoms with E-state index in [1.165, 1.54) is 16.7 Å². The largest absolute Gasteiger partial charge is 0.493 e. The van der Waals surface area contributed by atoms with Crippen LogP contribution in [0.2, 0.25) is 0 Å². The first-order valence-electron chi connectivity index (χ1n) is 10.6. The number of halogens is 3. The van der Waals surface area contributed by atoms with Crippen LogP contribution in [0.5, 0.6) is 11.5 Å². The molecule has 0 aliphatic heterocycles. The van der Waals surface area contributed by atoms with E-state index in [2.05, 4.69) is 5.32 Å². The first kappa shape index (κ1) is 24.2. The molecule has 2 aromatic carbocycles. The third-order valence-corrected chi connectivity index (χ3v) is 5.35. The Labute approximate surface area is 191 Å². The Kier molecular flexibility index (Phi) is 7.36. The van der Waals surface area contributed by atoms with Crippen molar-refractivity contribution in [3.05, 3.63) is 76.6 Å². The molecule has 0 atom stereocenters. The number of carbonyl (C=O) groups excluding carboxylic acids is 1. The van der Waals surface area contributed by atoms with E-state index < -0.39 is 11.7 Å². The van der Waals surface area contributed by atoms with Crippen molar-refractivity contribution in [2.75, 3.05) is 20.3 Å². The van der Waals surface area contributed by atoms with Crippen LogP contribution in [0.4, 0.5) is 13.2 Å². The molecule has 33 heavy (non-hydrogen) atoms. The van der Waals surface area contributed by atoms with Crippen molar-refractivity contribution in [2.24, 2.45) is 0 Å². The molecule has 0 bridgehead atoms. The number of rotatable bonds is 8. The van der Waals surface area contributed by atoms with E-state index in [9.17, 15) is 18.0 Å². The van der Waals surface area contributed by atoms with Crippen LogP contribution in [-0.2, 0) is 12.6 Å². The summed E-state index contributed by atoms with van der Waals surface area (Å²) in [5.74, 6) is 0.935. The molecule has 1 heterocycles. The number of benzene rings is 2. The van der Waals surface area contributed by atoms with Gasteiger partial charge in [0.15, 0.2) is 11.5 Å². The fraction of sp³-hybridized carbons (Fsp3) is 0.320. The van der Waals surface area contributed by atoms with E-state index in [0.717, 1.165) is 11.6 Å². The molecule has 0 fully saturated rings. The van der Waals surface area contributed by atoms with Crippen LogP contribution in [0.15, 0.2) is 48.5 Å². The van der Waals surface area contributed by atoms with Crippen molar-refractivity contribution >= 4 is 5.91 Å². The molecular formula is C25H27F3N2O3. The van der Waals surface area contributed by atoms with Crippen LogP contribution in [0, 0.1) is 13.8 Å². The van der Waals surface area contributed by atoms with E-state index in [4.69, 9.17) is 9.47 Å². The maximum atomic E-state index is 13.5. The maximum absolute atomic E-state index is 13.5. The normalized spacial score (nSPS) is 11.4. The van der Waals surface area contributed by atoms with Crippen molar-refractivity contribution in [1.29, 1.82) is 0 Å². The Morgan fingerprint density at radius 2 is 1.79 bits per heavy atom. The van der Waals surface area contributed by atoms with Crippen LogP contribution >= 0.6 is 0 Å². The quantitative estimate of drug-likeness (QED) is 0.484. The minimum Gasteiger partial charge on any atom is -0.493 e. The summed E-state index contributed by atoms with van der Waals surface area (Å²) in [6, 6.07) is 12.5. The van der Waals surface area contributed by atoms with Crippen molar-refractivity contribution in [3.63, 3.8) is 0 Å². The molecule has 5 nitrogen and oxygen atoms in total. The second-order valence-electron chi connectivity index (χ2n) is 7.56. The average Bonchev–Trinajstić information content (AvgIpc) is 3.07. The van der Waals surface area contributed by atoms with Gasteiger partial charge in [-0.1, -0.05) is 18.2 Å². The zero-order valence-electron chi connectivity index (χ0n) is 19.0. The van der Waals surface area contributed by atoms with Gasteiger partial charge in [-0.15, -0.1) is 0 Å². The Bertz CT molecular complexity index is 1140. The van der Waals surface area contributed by atoms with Crippen molar-refractivity contribution in [2.45, 2.75) is 33.4 Å². The molecular weight excluding hydrogens is 433 g/mol. The van der Waals surface area contributed by atoms with Crippen molar-refractivity contribution in [3.8, 4) is 17.2 Å². The number of ether oxygens (including phenoxy) is 2. The summed E-state index contributed by atoms with van der Waals surface area (Å²) in [5.41, 5.74) is 1.55. The Morgan fingerprint density at radius 1 is 1.06 bits per heavy atom. The number of amides is 1. The van der Waals surface area contributed by atoms with Crippen molar-refractivity contribution in [1.82, 2.24) is 9.88 Å². The molecule has 1 aromatic heterocycles. The number of methoxy groups -OCH3 is 1. The molecule has 0 aliphatic rings. The van der Waals surface area contributed by atoms with Crippen LogP contribution < -0.4 is 14.8 Å². The summed E-state index contributed by atoms with van der Waals surface area (Å²) in [4.78, 5) is 12.8. The fourth-order valence-electron chi connectivity index (χ4n) is 3.83. The van der Waals surface area contributed by atoms with Gasteiger partial charge < -0.3 is 19.4 Å². The topological polar surface area (TPSA) is 52.5 Å². The average molecular weight is 460 g/mol. The molecule has 1 amide bonds. The van der Waals surface area contributed by atoms with Crippen LogP contribution in [0.25, 0.3) is 5.69 Å². The summed E-state index contributed by atoms with van der Waals surface area (Å²) in [5, 5.41) is 2.86. The standard InChI is InChI=1S/C25H27F3N2O3/c1-5-33-23-15-18(10-11-22(23)32-4)12-13-29-24(31)19-14-16(2)30(17(19)3)21-9-7-6-8-20(21)25(26,27)28/h6-11,14-15H,5,12-13H2,1-4H3,(H,29,31). The number of hydrogen-bond donors (Lipinski definition) is 1. The van der Waals surface area contributed by atoms with E-state index in [0.29, 0.717) is 48.0 Å². The van der Waals surface area contributed by atoms with Gasteiger partial charge in [-0.3, -0.25) is 4.79 Å². The minimum atomic E-state index is -4.50. The number of hydrogen-bond acceptors (Lipinski definition) is 3. The smallest absolute Gasteiger partial charge is 0.418 e. The molecule has 3 rings (SSSR count). The number of nitrogens with zero attached hydrogens (tertiary/aromatic N) is 1. The number of alkyl halides is 3. The summed E-state index contributed by atoms with van der Waals surface area (Å²) in [6.45, 7) is 6.08. The third kappa shape index (κ3) is 5.32. The minimum absolute atomic E-state index is 0.000682. The molecule has 3 aromatic rings. The molecule has 8 heteroatoms. The Balaban J connectivity index is 1.76. The number of nitrogens with one attached hydrogen (secondary N) is 1. The highest BCUT2D eigenvalue weighted by atomic mass is 19.4. The Morgan fingerprint density at radius 3 is 2.45 bits per heavy atom. The van der Waals surface area contributed by atoms with Gasteiger partial charge in [0.2, 0.25) is 0 Å². The highest BCUT2D eigenvalue weighted by Crippen LogP contribution is 2.35. The third-order valence-electron chi connectivity index (χ3n) is 5.35. The molecule has 0 saturated carbocycles. The summed E-state index contributed by atoms with van der Waals surface area (Å²) >= 11 is 0. The lowest BCUT2D eigenvalue weighted by molar-refractivity contribution is -0.137. The summed E-state index contributed by atoms with van der Waals surface area (Å²) < 4.78 is 52.8. The SMILES string of the molecule is CCOc1cc(CCNC(=O)c2cc(C)n(-c3ccccc3C(F)(F)F)c2C)ccc1OC. The summed E-state index contributed by atoms with van der Waals surface area (Å²) in [7, 11) is 1.57. The fourth-order valence-corrected chi connectivity index (χ4v) is 3.83. The zero-order chi connectivity index (χ0) is 24.2. The van der Waals surface area contributed by atoms with E-state index in [1.54, 1.807) is 33.1 Å².